The van der Waals surface area contributed by atoms with Crippen molar-refractivity contribution in [1.82, 2.24) is 0 Å². The molecule has 2 aliphatic heterocycles. The average Bonchev–Trinajstić information content (AvgIpc) is 3.18. The van der Waals surface area contributed by atoms with Gasteiger partial charge in [-0.3, -0.25) is 0 Å². The van der Waals surface area contributed by atoms with Gasteiger partial charge in [-0.1, -0.05) is 27.7 Å². The molecule has 5 nitrogen and oxygen atoms in total. The van der Waals surface area contributed by atoms with E-state index in [1.165, 1.54) is 12.8 Å². The van der Waals surface area contributed by atoms with Crippen molar-refractivity contribution >= 4 is 0 Å². The lowest BCUT2D eigenvalue weighted by atomic mass is 9.43. The molecule has 4 saturated carbocycles. The zero-order chi connectivity index (χ0) is 22.6. The predicted molar refractivity (Wildman–Crippen MR) is 121 cm³/mol. The third-order valence-electron chi connectivity index (χ3n) is 11.9. The van der Waals surface area contributed by atoms with Gasteiger partial charge in [0.25, 0.3) is 0 Å². The zero-order valence-corrected chi connectivity index (χ0v) is 20.4. The smallest absolute Gasteiger partial charge is 0.197 e. The molecule has 6 fully saturated rings. The third kappa shape index (κ3) is 2.75. The van der Waals surface area contributed by atoms with Gasteiger partial charge in [0, 0.05) is 5.92 Å². The maximum Gasteiger partial charge on any atom is 0.197 e. The number of rotatable bonds is 0. The molecule has 6 aliphatic rings. The van der Waals surface area contributed by atoms with Crippen LogP contribution in [0.15, 0.2) is 0 Å². The lowest BCUT2D eigenvalue weighted by Gasteiger charge is -2.62. The third-order valence-corrected chi connectivity index (χ3v) is 11.9. The van der Waals surface area contributed by atoms with Gasteiger partial charge in [-0.05, 0) is 97.7 Å². The van der Waals surface area contributed by atoms with E-state index in [1.807, 2.05) is 0 Å². The minimum Gasteiger partial charge on any atom is -0.393 e. The Morgan fingerprint density at radius 1 is 0.812 bits per heavy atom. The topological polar surface area (TPSA) is 79.2 Å². The van der Waals surface area contributed by atoms with Gasteiger partial charge in [-0.15, -0.1) is 0 Å². The Hall–Kier alpha value is -0.200. The quantitative estimate of drug-likeness (QED) is 0.526. The van der Waals surface area contributed by atoms with Gasteiger partial charge in [-0.25, -0.2) is 0 Å². The molecule has 3 N–H and O–H groups in total. The van der Waals surface area contributed by atoms with Crippen LogP contribution in [0.3, 0.4) is 0 Å². The second kappa shape index (κ2) is 7.16. The predicted octanol–water partition coefficient (Wildman–Crippen LogP) is 3.74. The molecule has 0 aromatic carbocycles. The summed E-state index contributed by atoms with van der Waals surface area (Å²) in [4.78, 5) is 0. The van der Waals surface area contributed by atoms with E-state index in [2.05, 4.69) is 27.7 Å². The maximum absolute atomic E-state index is 11.2. The summed E-state index contributed by atoms with van der Waals surface area (Å²) in [5, 5.41) is 32.6. The van der Waals surface area contributed by atoms with Gasteiger partial charge >= 0.3 is 0 Å². The zero-order valence-electron chi connectivity index (χ0n) is 20.4. The van der Waals surface area contributed by atoms with Gasteiger partial charge in [0.1, 0.15) is 6.10 Å². The van der Waals surface area contributed by atoms with Gasteiger partial charge in [0.05, 0.1) is 24.9 Å². The molecule has 4 aliphatic carbocycles. The normalized spacial score (nSPS) is 64.0. The van der Waals surface area contributed by atoms with E-state index in [9.17, 15) is 15.3 Å². The van der Waals surface area contributed by atoms with Crippen molar-refractivity contribution in [3.05, 3.63) is 0 Å². The molecule has 5 heteroatoms. The van der Waals surface area contributed by atoms with Crippen molar-refractivity contribution in [2.24, 2.45) is 52.3 Å². The van der Waals surface area contributed by atoms with Crippen molar-refractivity contribution in [3.63, 3.8) is 0 Å². The van der Waals surface area contributed by atoms with Crippen LogP contribution in [0.4, 0.5) is 0 Å². The molecule has 6 rings (SSSR count). The Labute approximate surface area is 193 Å². The summed E-state index contributed by atoms with van der Waals surface area (Å²) in [7, 11) is 0. The highest BCUT2D eigenvalue weighted by atomic mass is 16.7. The van der Waals surface area contributed by atoms with Crippen LogP contribution in [0.2, 0.25) is 0 Å². The van der Waals surface area contributed by atoms with E-state index in [0.717, 1.165) is 38.5 Å². The Balaban J connectivity index is 1.29. The molecule has 0 aromatic heterocycles. The number of hydrogen-bond acceptors (Lipinski definition) is 5. The number of fused-ring (bicyclic) bond motifs is 7. The molecule has 0 radical (unpaired) electrons. The van der Waals surface area contributed by atoms with E-state index < -0.39 is 11.9 Å². The van der Waals surface area contributed by atoms with Crippen molar-refractivity contribution in [2.75, 3.05) is 6.61 Å². The lowest BCUT2D eigenvalue weighted by Crippen LogP contribution is -2.59. The number of aliphatic hydroxyl groups excluding tert-OH is 3. The summed E-state index contributed by atoms with van der Waals surface area (Å²) in [5.41, 5.74) is 0.324. The lowest BCUT2D eigenvalue weighted by molar-refractivity contribution is -0.316. The van der Waals surface area contributed by atoms with Gasteiger partial charge < -0.3 is 24.8 Å². The summed E-state index contributed by atoms with van der Waals surface area (Å²) in [6, 6.07) is 0. The molecule has 2 heterocycles. The highest BCUT2D eigenvalue weighted by molar-refractivity contribution is 5.17. The van der Waals surface area contributed by atoms with E-state index in [4.69, 9.17) is 9.47 Å². The summed E-state index contributed by atoms with van der Waals surface area (Å²) in [5.74, 6) is 2.12. The first-order valence-corrected chi connectivity index (χ1v) is 13.5. The van der Waals surface area contributed by atoms with E-state index in [-0.39, 0.29) is 41.0 Å². The highest BCUT2D eigenvalue weighted by Crippen LogP contribution is 2.71. The molecule has 182 valence electrons. The van der Waals surface area contributed by atoms with E-state index in [1.54, 1.807) is 0 Å². The molecule has 9 unspecified atom stereocenters. The van der Waals surface area contributed by atoms with Crippen molar-refractivity contribution in [3.8, 4) is 0 Å². The molecule has 0 bridgehead atoms. The minimum atomic E-state index is -0.824. The molecule has 14 atom stereocenters. The van der Waals surface area contributed by atoms with Gasteiger partial charge in [0.15, 0.2) is 5.79 Å². The first-order valence-electron chi connectivity index (χ1n) is 13.5. The van der Waals surface area contributed by atoms with Crippen LogP contribution in [0.25, 0.3) is 0 Å². The highest BCUT2D eigenvalue weighted by Gasteiger charge is 2.71. The summed E-state index contributed by atoms with van der Waals surface area (Å²) < 4.78 is 13.0. The average molecular weight is 449 g/mol. The summed E-state index contributed by atoms with van der Waals surface area (Å²) in [6.07, 6.45) is 6.86. The Bertz CT molecular complexity index is 758. The second-order valence-corrected chi connectivity index (χ2v) is 13.4. The number of aliphatic hydroxyl groups is 3. The minimum absolute atomic E-state index is 0.146. The second-order valence-electron chi connectivity index (χ2n) is 13.4. The first kappa shape index (κ1) is 22.3. The molecule has 32 heavy (non-hydrogen) atoms. The molecule has 0 aromatic rings. The SMILES string of the molecule is CC1C2C(CC3C4CC(O)C5C[C@@H](O)CC[C@]5(C)C4CC[C@@]32C)OC12OC[C@@H](C)C[C@@H]2O. The fraction of sp³-hybridized carbons (Fsp3) is 1.00. The molecule has 1 spiro atoms. The fourth-order valence-corrected chi connectivity index (χ4v) is 10.4. The monoisotopic (exact) mass is 448 g/mol. The standard InChI is InChI=1S/C27H44O5/c1-14-9-23(30)27(31-13-14)15(2)24-22(32-27)12-19-17-11-21(29)20-10-16(28)5-7-25(20,3)18(17)6-8-26(19,24)4/h14-24,28-30H,5-13H2,1-4H3/t14-,15?,16-,17?,18?,19?,20?,21?,22?,23-,24?,25+,26-,27?/m0/s1. The Morgan fingerprint density at radius 2 is 1.56 bits per heavy atom. The van der Waals surface area contributed by atoms with Crippen LogP contribution in [0, 0.1) is 52.3 Å². The van der Waals surface area contributed by atoms with Crippen LogP contribution < -0.4 is 0 Å². The van der Waals surface area contributed by atoms with Crippen molar-refractivity contribution in [1.29, 1.82) is 0 Å². The molecule has 0 amide bonds. The first-order chi connectivity index (χ1) is 15.1. The van der Waals surface area contributed by atoms with Crippen LogP contribution >= 0.6 is 0 Å². The number of hydrogen-bond donors (Lipinski definition) is 3. The molecular weight excluding hydrogens is 404 g/mol. The maximum atomic E-state index is 11.2. The molecule has 2 saturated heterocycles. The summed E-state index contributed by atoms with van der Waals surface area (Å²) >= 11 is 0. The molecular formula is C27H44O5. The summed E-state index contributed by atoms with van der Waals surface area (Å²) in [6.45, 7) is 9.98. The van der Waals surface area contributed by atoms with Gasteiger partial charge in [-0.2, -0.15) is 0 Å². The van der Waals surface area contributed by atoms with Crippen molar-refractivity contribution in [2.45, 2.75) is 109 Å². The van der Waals surface area contributed by atoms with Gasteiger partial charge in [0.2, 0.25) is 0 Å². The Morgan fingerprint density at radius 3 is 2.31 bits per heavy atom. The Kier molecular flexibility index (Phi) is 4.99. The van der Waals surface area contributed by atoms with Crippen LogP contribution in [0.1, 0.15) is 79.1 Å². The fourth-order valence-electron chi connectivity index (χ4n) is 10.4. The van der Waals surface area contributed by atoms with Crippen LogP contribution in [0.5, 0.6) is 0 Å². The van der Waals surface area contributed by atoms with E-state index in [0.29, 0.717) is 36.2 Å². The largest absolute Gasteiger partial charge is 0.393 e. The van der Waals surface area contributed by atoms with Crippen LogP contribution in [-0.2, 0) is 9.47 Å². The van der Waals surface area contributed by atoms with Crippen molar-refractivity contribution < 1.29 is 24.8 Å². The number of ether oxygens (including phenoxy) is 2. The van der Waals surface area contributed by atoms with Crippen LogP contribution in [-0.4, -0.2) is 52.1 Å². The van der Waals surface area contributed by atoms with E-state index >= 15 is 0 Å².